The van der Waals surface area contributed by atoms with Crippen LogP contribution in [0.3, 0.4) is 0 Å². The van der Waals surface area contributed by atoms with E-state index in [1.165, 1.54) is 38.5 Å². The van der Waals surface area contributed by atoms with Gasteiger partial charge >= 0.3 is 5.97 Å². The molecule has 3 nitrogen and oxygen atoms in total. The summed E-state index contributed by atoms with van der Waals surface area (Å²) in [7, 11) is 0. The molecule has 0 unspecified atom stereocenters. The first-order valence-electron chi connectivity index (χ1n) is 9.08. The van der Waals surface area contributed by atoms with Gasteiger partial charge in [-0.15, -0.1) is 0 Å². The summed E-state index contributed by atoms with van der Waals surface area (Å²) >= 11 is 0. The van der Waals surface area contributed by atoms with Gasteiger partial charge in [-0.25, -0.2) is 0 Å². The number of ether oxygens (including phenoxy) is 1. The van der Waals surface area contributed by atoms with Gasteiger partial charge in [0.05, 0.1) is 6.61 Å². The molecule has 0 spiro atoms. The largest absolute Gasteiger partial charge is 0.464 e. The van der Waals surface area contributed by atoms with Crippen LogP contribution >= 0.6 is 0 Å². The van der Waals surface area contributed by atoms with Gasteiger partial charge in [-0.2, -0.15) is 0 Å². The number of benzene rings is 1. The molecule has 0 saturated heterocycles. The molecule has 0 heterocycles. The fourth-order valence-electron chi connectivity index (χ4n) is 5.75. The molecule has 4 saturated carbocycles. The second-order valence-corrected chi connectivity index (χ2v) is 8.32. The molecule has 0 radical (unpaired) electrons. The Kier molecular flexibility index (Phi) is 5.00. The normalized spacial score (nSPS) is 34.5. The monoisotopic (exact) mass is 329 g/mol. The van der Waals surface area contributed by atoms with Crippen molar-refractivity contribution < 1.29 is 9.53 Å². The van der Waals surface area contributed by atoms with Crippen LogP contribution in [0.25, 0.3) is 0 Å². The third-order valence-electron chi connectivity index (χ3n) is 6.29. The fourth-order valence-corrected chi connectivity index (χ4v) is 5.75. The number of hydrogen-bond acceptors (Lipinski definition) is 3. The quantitative estimate of drug-likeness (QED) is 0.832. The summed E-state index contributed by atoms with van der Waals surface area (Å²) in [6.07, 6.45) is 8.60. The fraction of sp³-hybridized carbons (Fsp3) is 0.667. The van der Waals surface area contributed by atoms with Gasteiger partial charge in [-0.1, -0.05) is 37.8 Å². The average Bonchev–Trinajstić information content (AvgIpc) is 2.52. The second kappa shape index (κ2) is 6.87. The van der Waals surface area contributed by atoms with Gasteiger partial charge in [0, 0.05) is 5.41 Å². The topological polar surface area (TPSA) is 52.3 Å². The number of hydrogen-bond donors (Lipinski definition) is 1. The summed E-state index contributed by atoms with van der Waals surface area (Å²) in [5, 5.41) is 0. The highest BCUT2D eigenvalue weighted by molar-refractivity contribution is 5.75. The predicted molar refractivity (Wildman–Crippen MR) is 96.4 cm³/mol. The molecule has 1 aromatic rings. The number of carbonyl (C=O) groups excluding carboxylic acids is 1. The van der Waals surface area contributed by atoms with Crippen LogP contribution in [0.5, 0.6) is 0 Å². The molecular formula is C21H31NO2. The standard InChI is InChI=1S/C20H27NO2.CH4/c21-18(9-14-4-2-1-3-5-14)19(22)23-13-20-10-15-6-16(11-20)8-17(7-15)12-20;/h1-5,15-18H,6-13,21H2;1H4/t15?,16?,17?,18-,20?;/m0./s1. The predicted octanol–water partition coefficient (Wildman–Crippen LogP) is 3.95. The lowest BCUT2D eigenvalue weighted by molar-refractivity contribution is -0.156. The van der Waals surface area contributed by atoms with E-state index in [2.05, 4.69) is 0 Å². The summed E-state index contributed by atoms with van der Waals surface area (Å²) in [6, 6.07) is 9.39. The lowest BCUT2D eigenvalue weighted by Crippen LogP contribution is -2.49. The summed E-state index contributed by atoms with van der Waals surface area (Å²) < 4.78 is 5.70. The van der Waals surface area contributed by atoms with Crippen LogP contribution in [0.1, 0.15) is 51.5 Å². The van der Waals surface area contributed by atoms with E-state index >= 15 is 0 Å². The first kappa shape index (κ1) is 17.5. The Balaban J connectivity index is 0.00000169. The Hall–Kier alpha value is -1.35. The zero-order valence-electron chi connectivity index (χ0n) is 13.7. The van der Waals surface area contributed by atoms with Crippen LogP contribution in [-0.2, 0) is 16.0 Å². The van der Waals surface area contributed by atoms with E-state index in [-0.39, 0.29) is 18.8 Å². The van der Waals surface area contributed by atoms with Gasteiger partial charge in [0.2, 0.25) is 0 Å². The number of carbonyl (C=O) groups is 1. The van der Waals surface area contributed by atoms with Crippen molar-refractivity contribution in [2.45, 2.75) is 58.4 Å². The van der Waals surface area contributed by atoms with E-state index in [4.69, 9.17) is 10.5 Å². The minimum absolute atomic E-state index is 0. The lowest BCUT2D eigenvalue weighted by atomic mass is 9.50. The molecular weight excluding hydrogens is 298 g/mol. The first-order valence-corrected chi connectivity index (χ1v) is 9.08. The molecule has 5 rings (SSSR count). The summed E-state index contributed by atoms with van der Waals surface area (Å²) in [5.41, 5.74) is 7.42. The van der Waals surface area contributed by atoms with Gasteiger partial charge < -0.3 is 10.5 Å². The van der Waals surface area contributed by atoms with Gasteiger partial charge in [-0.05, 0) is 68.3 Å². The van der Waals surface area contributed by atoms with Crippen molar-refractivity contribution in [3.05, 3.63) is 35.9 Å². The van der Waals surface area contributed by atoms with E-state index in [0.717, 1.165) is 23.3 Å². The lowest BCUT2D eigenvalue weighted by Gasteiger charge is -2.56. The zero-order chi connectivity index (χ0) is 15.9. The van der Waals surface area contributed by atoms with E-state index in [1.807, 2.05) is 30.3 Å². The molecule has 2 N–H and O–H groups in total. The maximum atomic E-state index is 12.3. The van der Waals surface area contributed by atoms with Crippen molar-refractivity contribution in [3.63, 3.8) is 0 Å². The van der Waals surface area contributed by atoms with Crippen molar-refractivity contribution >= 4 is 5.97 Å². The second-order valence-electron chi connectivity index (χ2n) is 8.32. The van der Waals surface area contributed by atoms with Gasteiger partial charge in [-0.3, -0.25) is 4.79 Å². The molecule has 4 fully saturated rings. The molecule has 4 bridgehead atoms. The molecule has 0 aromatic heterocycles. The van der Waals surface area contributed by atoms with Crippen LogP contribution in [0.4, 0.5) is 0 Å². The molecule has 132 valence electrons. The van der Waals surface area contributed by atoms with Crippen LogP contribution in [-0.4, -0.2) is 18.6 Å². The van der Waals surface area contributed by atoms with E-state index in [0.29, 0.717) is 13.0 Å². The van der Waals surface area contributed by atoms with E-state index in [1.54, 1.807) is 0 Å². The minimum atomic E-state index is -0.550. The van der Waals surface area contributed by atoms with Gasteiger partial charge in [0.15, 0.2) is 0 Å². The summed E-state index contributed by atoms with van der Waals surface area (Å²) in [6.45, 7) is 0.595. The van der Waals surface area contributed by atoms with Gasteiger partial charge in [0.25, 0.3) is 0 Å². The van der Waals surface area contributed by atoms with Gasteiger partial charge in [0.1, 0.15) is 6.04 Å². The Bertz CT molecular complexity index is 533. The number of rotatable bonds is 5. The molecule has 4 aliphatic rings. The molecule has 1 aromatic carbocycles. The molecule has 4 aliphatic carbocycles. The van der Waals surface area contributed by atoms with Crippen LogP contribution in [0, 0.1) is 23.2 Å². The van der Waals surface area contributed by atoms with Crippen LogP contribution < -0.4 is 5.73 Å². The number of nitrogens with two attached hydrogens (primary N) is 1. The molecule has 3 heteroatoms. The van der Waals surface area contributed by atoms with E-state index < -0.39 is 6.04 Å². The van der Waals surface area contributed by atoms with Crippen molar-refractivity contribution in [2.24, 2.45) is 28.9 Å². The smallest absolute Gasteiger partial charge is 0.323 e. The van der Waals surface area contributed by atoms with Crippen molar-refractivity contribution in [2.75, 3.05) is 6.61 Å². The molecule has 24 heavy (non-hydrogen) atoms. The minimum Gasteiger partial charge on any atom is -0.464 e. The molecule has 1 atom stereocenters. The third kappa shape index (κ3) is 3.51. The summed E-state index contributed by atoms with van der Waals surface area (Å²) in [4.78, 5) is 12.3. The van der Waals surface area contributed by atoms with E-state index in [9.17, 15) is 4.79 Å². The average molecular weight is 329 g/mol. The summed E-state index contributed by atoms with van der Waals surface area (Å²) in [5.74, 6) is 2.43. The Morgan fingerprint density at radius 2 is 1.62 bits per heavy atom. The van der Waals surface area contributed by atoms with Crippen LogP contribution in [0.2, 0.25) is 0 Å². The maximum Gasteiger partial charge on any atom is 0.323 e. The highest BCUT2D eigenvalue weighted by Crippen LogP contribution is 2.60. The Labute approximate surface area is 146 Å². The Morgan fingerprint density at radius 1 is 1.08 bits per heavy atom. The van der Waals surface area contributed by atoms with Crippen molar-refractivity contribution in [1.82, 2.24) is 0 Å². The first-order chi connectivity index (χ1) is 11.1. The maximum absolute atomic E-state index is 12.3. The SMILES string of the molecule is C.N[C@@H](Cc1ccccc1)C(=O)OCC12CC3CC(CC(C3)C1)C2. The highest BCUT2D eigenvalue weighted by Gasteiger charge is 2.51. The Morgan fingerprint density at radius 3 is 2.17 bits per heavy atom. The number of esters is 1. The van der Waals surface area contributed by atoms with Crippen LogP contribution in [0.15, 0.2) is 30.3 Å². The molecule has 0 amide bonds. The van der Waals surface area contributed by atoms with Crippen molar-refractivity contribution in [3.8, 4) is 0 Å². The third-order valence-corrected chi connectivity index (χ3v) is 6.29. The highest BCUT2D eigenvalue weighted by atomic mass is 16.5. The zero-order valence-corrected chi connectivity index (χ0v) is 13.7. The molecule has 0 aliphatic heterocycles. The van der Waals surface area contributed by atoms with Crippen molar-refractivity contribution in [1.29, 1.82) is 0 Å².